The lowest BCUT2D eigenvalue weighted by molar-refractivity contribution is -0.384. The number of hydrazine groups is 1. The van der Waals surface area contributed by atoms with Crippen LogP contribution in [0.4, 0.5) is 11.4 Å². The molecule has 0 saturated heterocycles. The van der Waals surface area contributed by atoms with E-state index >= 15 is 0 Å². The topological polar surface area (TPSA) is 84.4 Å². The van der Waals surface area contributed by atoms with Gasteiger partial charge in [-0.25, -0.2) is 0 Å². The van der Waals surface area contributed by atoms with Gasteiger partial charge in [-0.1, -0.05) is 26.0 Å². The van der Waals surface area contributed by atoms with Crippen LogP contribution in [0.15, 0.2) is 18.2 Å². The molecular weight excluding hydrogens is 244 g/mol. The highest BCUT2D eigenvalue weighted by atomic mass is 16.6. The van der Waals surface area contributed by atoms with Crippen molar-refractivity contribution in [3.05, 3.63) is 33.9 Å². The van der Waals surface area contributed by atoms with Gasteiger partial charge in [0.2, 0.25) is 0 Å². The molecule has 0 atom stereocenters. The molecule has 0 unspecified atom stereocenters. The summed E-state index contributed by atoms with van der Waals surface area (Å²) in [6.07, 6.45) is 1.09. The molecule has 0 saturated carbocycles. The van der Waals surface area contributed by atoms with E-state index in [1.165, 1.54) is 6.07 Å². The maximum atomic E-state index is 10.9. The second-order valence-electron chi connectivity index (χ2n) is 5.13. The van der Waals surface area contributed by atoms with E-state index in [0.717, 1.165) is 18.5 Å². The highest BCUT2D eigenvalue weighted by molar-refractivity contribution is 5.65. The zero-order valence-electron chi connectivity index (χ0n) is 11.7. The summed E-state index contributed by atoms with van der Waals surface area (Å²) in [4.78, 5) is 12.6. The number of nitrogen functional groups attached to an aromatic ring is 1. The summed E-state index contributed by atoms with van der Waals surface area (Å²) in [5.74, 6) is 6.05. The van der Waals surface area contributed by atoms with Gasteiger partial charge in [-0.05, 0) is 31.5 Å². The minimum atomic E-state index is -0.424. The van der Waals surface area contributed by atoms with Crippen LogP contribution < -0.4 is 11.3 Å². The Balaban J connectivity index is 2.83. The van der Waals surface area contributed by atoms with Gasteiger partial charge in [0.25, 0.3) is 5.69 Å². The van der Waals surface area contributed by atoms with Gasteiger partial charge in [-0.15, -0.1) is 0 Å². The largest absolute Gasteiger partial charge is 0.318 e. The minimum Gasteiger partial charge on any atom is -0.318 e. The number of anilines is 1. The van der Waals surface area contributed by atoms with Crippen LogP contribution in [0, 0.1) is 16.0 Å². The Labute approximate surface area is 113 Å². The molecule has 19 heavy (non-hydrogen) atoms. The van der Waals surface area contributed by atoms with Gasteiger partial charge in [0.05, 0.1) is 4.92 Å². The van der Waals surface area contributed by atoms with E-state index in [4.69, 9.17) is 5.84 Å². The third-order valence-electron chi connectivity index (χ3n) is 3.00. The Morgan fingerprint density at radius 1 is 1.47 bits per heavy atom. The molecule has 0 amide bonds. The lowest BCUT2D eigenvalue weighted by Gasteiger charge is -2.19. The molecule has 0 spiro atoms. The summed E-state index contributed by atoms with van der Waals surface area (Å²) >= 11 is 0. The third kappa shape index (κ3) is 4.50. The van der Waals surface area contributed by atoms with Crippen molar-refractivity contribution in [3.63, 3.8) is 0 Å². The van der Waals surface area contributed by atoms with Crippen molar-refractivity contribution in [2.24, 2.45) is 11.8 Å². The summed E-state index contributed by atoms with van der Waals surface area (Å²) < 4.78 is 0. The first-order valence-electron chi connectivity index (χ1n) is 6.37. The van der Waals surface area contributed by atoms with E-state index in [2.05, 4.69) is 24.2 Å². The van der Waals surface area contributed by atoms with Crippen LogP contribution in [0.3, 0.4) is 0 Å². The van der Waals surface area contributed by atoms with Crippen molar-refractivity contribution < 1.29 is 4.92 Å². The Hall–Kier alpha value is -1.66. The van der Waals surface area contributed by atoms with Crippen molar-refractivity contribution >= 4 is 11.4 Å². The van der Waals surface area contributed by atoms with Crippen molar-refractivity contribution in [2.75, 3.05) is 19.0 Å². The zero-order valence-corrected chi connectivity index (χ0v) is 11.7. The number of hydrogen-bond acceptors (Lipinski definition) is 5. The number of nitrogens with two attached hydrogens (primary N) is 1. The number of nitro groups is 1. The molecule has 0 heterocycles. The average molecular weight is 266 g/mol. The first-order chi connectivity index (χ1) is 8.95. The van der Waals surface area contributed by atoms with E-state index < -0.39 is 4.92 Å². The van der Waals surface area contributed by atoms with Gasteiger partial charge >= 0.3 is 0 Å². The quantitative estimate of drug-likeness (QED) is 0.449. The summed E-state index contributed by atoms with van der Waals surface area (Å²) in [5, 5.41) is 10.9. The lowest BCUT2D eigenvalue weighted by atomic mass is 10.1. The highest BCUT2D eigenvalue weighted by Crippen LogP contribution is 2.28. The molecule has 0 aromatic heterocycles. The van der Waals surface area contributed by atoms with Crippen LogP contribution in [-0.2, 0) is 6.54 Å². The molecule has 0 aliphatic rings. The summed E-state index contributed by atoms with van der Waals surface area (Å²) in [6, 6.07) is 4.99. The lowest BCUT2D eigenvalue weighted by Crippen LogP contribution is -2.22. The second kappa shape index (κ2) is 7.06. The number of para-hydroxylation sites is 1. The molecule has 6 nitrogen and oxygen atoms in total. The molecule has 6 heteroatoms. The van der Waals surface area contributed by atoms with Gasteiger partial charge in [0, 0.05) is 12.6 Å². The van der Waals surface area contributed by atoms with Crippen LogP contribution in [0.2, 0.25) is 0 Å². The standard InChI is InChI=1S/C13H22N4O2/c1-10(2)7-8-16(3)9-11-5-4-6-12(17(18)19)13(11)15-14/h4-6,10,15H,7-9,14H2,1-3H3. The molecule has 106 valence electrons. The molecule has 0 bridgehead atoms. The van der Waals surface area contributed by atoms with Crippen LogP contribution in [0.5, 0.6) is 0 Å². The number of benzene rings is 1. The summed E-state index contributed by atoms with van der Waals surface area (Å²) in [7, 11) is 2.00. The predicted molar refractivity (Wildman–Crippen MR) is 76.7 cm³/mol. The van der Waals surface area contributed by atoms with Crippen molar-refractivity contribution in [1.29, 1.82) is 0 Å². The van der Waals surface area contributed by atoms with Gasteiger partial charge in [-0.2, -0.15) is 0 Å². The Morgan fingerprint density at radius 2 is 2.16 bits per heavy atom. The average Bonchev–Trinajstić information content (AvgIpc) is 2.36. The number of nitrogens with one attached hydrogen (secondary N) is 1. The molecule has 0 fully saturated rings. The SMILES string of the molecule is CC(C)CCN(C)Cc1cccc([N+](=O)[O-])c1NN. The Kier molecular flexibility index (Phi) is 5.72. The molecule has 0 aliphatic heterocycles. The van der Waals surface area contributed by atoms with Crippen molar-refractivity contribution in [3.8, 4) is 0 Å². The predicted octanol–water partition coefficient (Wildman–Crippen LogP) is 2.36. The van der Waals surface area contributed by atoms with E-state index in [9.17, 15) is 10.1 Å². The van der Waals surface area contributed by atoms with Crippen LogP contribution >= 0.6 is 0 Å². The fourth-order valence-corrected chi connectivity index (χ4v) is 1.89. The Bertz CT molecular complexity index is 435. The van der Waals surface area contributed by atoms with Gasteiger partial charge < -0.3 is 10.3 Å². The highest BCUT2D eigenvalue weighted by Gasteiger charge is 2.17. The van der Waals surface area contributed by atoms with Gasteiger partial charge in [-0.3, -0.25) is 16.0 Å². The normalized spacial score (nSPS) is 11.1. The molecule has 1 aromatic rings. The van der Waals surface area contributed by atoms with Crippen LogP contribution in [0.1, 0.15) is 25.8 Å². The van der Waals surface area contributed by atoms with E-state index in [-0.39, 0.29) is 5.69 Å². The van der Waals surface area contributed by atoms with E-state index in [1.807, 2.05) is 13.1 Å². The number of nitrogens with zero attached hydrogens (tertiary/aromatic N) is 2. The second-order valence-corrected chi connectivity index (χ2v) is 5.13. The number of hydrogen-bond donors (Lipinski definition) is 2. The van der Waals surface area contributed by atoms with Gasteiger partial charge in [0.15, 0.2) is 0 Å². The monoisotopic (exact) mass is 266 g/mol. The zero-order chi connectivity index (χ0) is 14.4. The maximum Gasteiger partial charge on any atom is 0.293 e. The molecule has 1 aromatic carbocycles. The summed E-state index contributed by atoms with van der Waals surface area (Å²) in [6.45, 7) is 5.93. The summed E-state index contributed by atoms with van der Waals surface area (Å²) in [5.41, 5.74) is 3.69. The van der Waals surface area contributed by atoms with E-state index in [0.29, 0.717) is 18.2 Å². The molecular formula is C13H22N4O2. The fourth-order valence-electron chi connectivity index (χ4n) is 1.89. The number of rotatable bonds is 7. The first kappa shape index (κ1) is 15.4. The molecule has 3 N–H and O–H groups in total. The number of nitro benzene ring substituents is 1. The maximum absolute atomic E-state index is 10.9. The third-order valence-corrected chi connectivity index (χ3v) is 3.00. The smallest absolute Gasteiger partial charge is 0.293 e. The van der Waals surface area contributed by atoms with Crippen molar-refractivity contribution in [2.45, 2.75) is 26.8 Å². The molecule has 0 aliphatic carbocycles. The van der Waals surface area contributed by atoms with Gasteiger partial charge in [0.1, 0.15) is 5.69 Å². The fraction of sp³-hybridized carbons (Fsp3) is 0.538. The minimum absolute atomic E-state index is 0.0114. The first-order valence-corrected chi connectivity index (χ1v) is 6.37. The Morgan fingerprint density at radius 3 is 2.68 bits per heavy atom. The molecule has 0 radical (unpaired) electrons. The van der Waals surface area contributed by atoms with Crippen LogP contribution in [0.25, 0.3) is 0 Å². The van der Waals surface area contributed by atoms with Crippen LogP contribution in [-0.4, -0.2) is 23.4 Å². The van der Waals surface area contributed by atoms with Crippen molar-refractivity contribution in [1.82, 2.24) is 4.90 Å². The van der Waals surface area contributed by atoms with E-state index in [1.54, 1.807) is 6.07 Å². The molecule has 1 rings (SSSR count).